The molecule has 1 N–H and O–H groups in total. The lowest BCUT2D eigenvalue weighted by molar-refractivity contribution is -0.118. The summed E-state index contributed by atoms with van der Waals surface area (Å²) in [5.74, 6) is -0.267. The summed E-state index contributed by atoms with van der Waals surface area (Å²) in [6.45, 7) is -1.43. The zero-order chi connectivity index (χ0) is 16.8. The average Bonchev–Trinajstić information content (AvgIpc) is 2.50. The highest BCUT2D eigenvalue weighted by Gasteiger charge is 2.12. The number of para-hydroxylation sites is 2. The van der Waals surface area contributed by atoms with Crippen LogP contribution < -0.4 is 14.8 Å². The number of benzene rings is 2. The molecule has 0 heterocycles. The van der Waals surface area contributed by atoms with Gasteiger partial charge >= 0.3 is 6.61 Å². The fraction of sp³-hybridized carbons (Fsp3) is 0.188. The minimum absolute atomic E-state index is 0.121. The Morgan fingerprint density at radius 1 is 1.22 bits per heavy atom. The van der Waals surface area contributed by atoms with Gasteiger partial charge in [0, 0.05) is 0 Å². The quantitative estimate of drug-likeness (QED) is 0.853. The molecule has 0 atom stereocenters. The average molecular weight is 342 g/mol. The van der Waals surface area contributed by atoms with Crippen LogP contribution in [0.4, 0.5) is 14.5 Å². The topological polar surface area (TPSA) is 47.6 Å². The highest BCUT2D eigenvalue weighted by Crippen LogP contribution is 2.27. The van der Waals surface area contributed by atoms with Gasteiger partial charge in [-0.1, -0.05) is 29.8 Å². The van der Waals surface area contributed by atoms with E-state index in [9.17, 15) is 13.6 Å². The van der Waals surface area contributed by atoms with Crippen molar-refractivity contribution in [1.29, 1.82) is 0 Å². The summed E-state index contributed by atoms with van der Waals surface area (Å²) in [6, 6.07) is 11.1. The number of halogens is 3. The van der Waals surface area contributed by atoms with Gasteiger partial charge in [0.15, 0.2) is 6.61 Å². The Kier molecular flexibility index (Phi) is 5.76. The number of hydrogen-bond donors (Lipinski definition) is 1. The third-order valence-corrected chi connectivity index (χ3v) is 3.13. The standard InChI is InChI=1S/C16H14ClF2NO3/c1-10-6-7-11(17)14(8-10)22-9-15(21)20-12-4-2-3-5-13(12)23-16(18)19/h2-8,16H,9H2,1H3,(H,20,21). The molecule has 0 aliphatic rings. The van der Waals surface area contributed by atoms with E-state index in [0.29, 0.717) is 10.8 Å². The van der Waals surface area contributed by atoms with E-state index in [1.807, 2.05) is 13.0 Å². The second-order valence-corrected chi connectivity index (χ2v) is 5.05. The predicted molar refractivity (Wildman–Crippen MR) is 83.4 cm³/mol. The van der Waals surface area contributed by atoms with Gasteiger partial charge in [-0.05, 0) is 36.8 Å². The molecule has 0 aliphatic carbocycles. The molecule has 0 aromatic heterocycles. The minimum Gasteiger partial charge on any atom is -0.482 e. The van der Waals surface area contributed by atoms with Gasteiger partial charge < -0.3 is 14.8 Å². The molecule has 2 aromatic rings. The molecule has 0 spiro atoms. The van der Waals surface area contributed by atoms with Crippen LogP contribution in [0, 0.1) is 6.92 Å². The lowest BCUT2D eigenvalue weighted by Gasteiger charge is -2.12. The number of nitrogens with one attached hydrogen (secondary N) is 1. The molecule has 1 amide bonds. The third-order valence-electron chi connectivity index (χ3n) is 2.82. The summed E-state index contributed by atoms with van der Waals surface area (Å²) in [6.07, 6.45) is 0. The zero-order valence-electron chi connectivity index (χ0n) is 12.2. The Bertz CT molecular complexity index is 695. The Hall–Kier alpha value is -2.34. The van der Waals surface area contributed by atoms with Crippen LogP contribution in [0.5, 0.6) is 11.5 Å². The normalized spacial score (nSPS) is 10.5. The molecule has 122 valence electrons. The third kappa shape index (κ3) is 5.10. The Labute approximate surface area is 137 Å². The first-order chi connectivity index (χ1) is 11.0. The molecular formula is C16H14ClF2NO3. The number of carbonyl (C=O) groups is 1. The van der Waals surface area contributed by atoms with E-state index >= 15 is 0 Å². The molecule has 23 heavy (non-hydrogen) atoms. The summed E-state index contributed by atoms with van der Waals surface area (Å²) < 4.78 is 34.3. The van der Waals surface area contributed by atoms with Crippen LogP contribution in [0.3, 0.4) is 0 Å². The number of alkyl halides is 2. The monoisotopic (exact) mass is 341 g/mol. The predicted octanol–water partition coefficient (Wildman–Crippen LogP) is 4.27. The molecule has 0 saturated heterocycles. The first-order valence-electron chi connectivity index (χ1n) is 6.68. The molecule has 2 aromatic carbocycles. The zero-order valence-corrected chi connectivity index (χ0v) is 12.9. The number of amides is 1. The molecule has 0 fully saturated rings. The van der Waals surface area contributed by atoms with Crippen molar-refractivity contribution in [3.8, 4) is 11.5 Å². The minimum atomic E-state index is -2.98. The van der Waals surface area contributed by atoms with Gasteiger partial charge in [-0.3, -0.25) is 4.79 Å². The number of ether oxygens (including phenoxy) is 2. The fourth-order valence-electron chi connectivity index (χ4n) is 1.82. The SMILES string of the molecule is Cc1ccc(Cl)c(OCC(=O)Nc2ccccc2OC(F)F)c1. The second kappa shape index (κ2) is 7.78. The molecule has 0 aliphatic heterocycles. The number of anilines is 1. The van der Waals surface area contributed by atoms with E-state index in [2.05, 4.69) is 10.1 Å². The van der Waals surface area contributed by atoms with Crippen molar-refractivity contribution in [1.82, 2.24) is 0 Å². The Morgan fingerprint density at radius 2 is 1.96 bits per heavy atom. The molecule has 4 nitrogen and oxygen atoms in total. The fourth-order valence-corrected chi connectivity index (χ4v) is 1.99. The highest BCUT2D eigenvalue weighted by atomic mass is 35.5. The van der Waals surface area contributed by atoms with Crippen molar-refractivity contribution in [3.63, 3.8) is 0 Å². The van der Waals surface area contributed by atoms with Gasteiger partial charge in [0.1, 0.15) is 11.5 Å². The molecule has 0 saturated carbocycles. The van der Waals surface area contributed by atoms with Crippen LogP contribution in [-0.2, 0) is 4.79 Å². The number of carbonyl (C=O) groups excluding carboxylic acids is 1. The molecule has 0 unspecified atom stereocenters. The number of hydrogen-bond acceptors (Lipinski definition) is 3. The van der Waals surface area contributed by atoms with Gasteiger partial charge in [0.25, 0.3) is 5.91 Å². The largest absolute Gasteiger partial charge is 0.482 e. The maximum Gasteiger partial charge on any atom is 0.387 e. The van der Waals surface area contributed by atoms with Crippen LogP contribution >= 0.6 is 11.6 Å². The van der Waals surface area contributed by atoms with Crippen LogP contribution in [0.15, 0.2) is 42.5 Å². The summed E-state index contributed by atoms with van der Waals surface area (Å²) in [4.78, 5) is 11.9. The van der Waals surface area contributed by atoms with Crippen molar-refractivity contribution >= 4 is 23.2 Å². The van der Waals surface area contributed by atoms with E-state index in [1.165, 1.54) is 18.2 Å². The molecule has 0 radical (unpaired) electrons. The lowest BCUT2D eigenvalue weighted by atomic mass is 10.2. The summed E-state index contributed by atoms with van der Waals surface area (Å²) >= 11 is 5.96. The van der Waals surface area contributed by atoms with Gasteiger partial charge in [-0.15, -0.1) is 0 Å². The molecular weight excluding hydrogens is 328 g/mol. The summed E-state index contributed by atoms with van der Waals surface area (Å²) in [7, 11) is 0. The number of aryl methyl sites for hydroxylation is 1. The van der Waals surface area contributed by atoms with Crippen LogP contribution in [0.1, 0.15) is 5.56 Å². The van der Waals surface area contributed by atoms with Gasteiger partial charge in [-0.2, -0.15) is 8.78 Å². The van der Waals surface area contributed by atoms with Crippen molar-refractivity contribution in [2.45, 2.75) is 13.5 Å². The number of rotatable bonds is 6. The maximum atomic E-state index is 12.3. The van der Waals surface area contributed by atoms with Crippen molar-refractivity contribution < 1.29 is 23.0 Å². The van der Waals surface area contributed by atoms with Crippen LogP contribution in [-0.4, -0.2) is 19.1 Å². The van der Waals surface area contributed by atoms with E-state index < -0.39 is 12.5 Å². The Morgan fingerprint density at radius 3 is 2.70 bits per heavy atom. The van der Waals surface area contributed by atoms with Crippen molar-refractivity contribution in [2.24, 2.45) is 0 Å². The Balaban J connectivity index is 1.99. The van der Waals surface area contributed by atoms with Gasteiger partial charge in [-0.25, -0.2) is 0 Å². The van der Waals surface area contributed by atoms with E-state index in [1.54, 1.807) is 18.2 Å². The van der Waals surface area contributed by atoms with Gasteiger partial charge in [0.05, 0.1) is 10.7 Å². The first kappa shape index (κ1) is 17.0. The van der Waals surface area contributed by atoms with Gasteiger partial charge in [0.2, 0.25) is 0 Å². The first-order valence-corrected chi connectivity index (χ1v) is 7.06. The maximum absolute atomic E-state index is 12.3. The molecule has 7 heteroatoms. The second-order valence-electron chi connectivity index (χ2n) is 4.65. The van der Waals surface area contributed by atoms with Crippen LogP contribution in [0.2, 0.25) is 5.02 Å². The van der Waals surface area contributed by atoms with E-state index in [0.717, 1.165) is 5.56 Å². The smallest absolute Gasteiger partial charge is 0.387 e. The van der Waals surface area contributed by atoms with E-state index in [-0.39, 0.29) is 18.0 Å². The molecule has 0 bridgehead atoms. The van der Waals surface area contributed by atoms with Crippen molar-refractivity contribution in [3.05, 3.63) is 53.1 Å². The molecule has 2 rings (SSSR count). The van der Waals surface area contributed by atoms with Crippen LogP contribution in [0.25, 0.3) is 0 Å². The van der Waals surface area contributed by atoms with E-state index in [4.69, 9.17) is 16.3 Å². The highest BCUT2D eigenvalue weighted by molar-refractivity contribution is 6.32. The summed E-state index contributed by atoms with van der Waals surface area (Å²) in [5.41, 5.74) is 1.07. The van der Waals surface area contributed by atoms with Crippen molar-refractivity contribution in [2.75, 3.05) is 11.9 Å². The lowest BCUT2D eigenvalue weighted by Crippen LogP contribution is -2.21. The summed E-state index contributed by atoms with van der Waals surface area (Å²) in [5, 5.41) is 2.83.